The van der Waals surface area contributed by atoms with Crippen LogP contribution in [0.3, 0.4) is 0 Å². The second-order valence-corrected chi connectivity index (χ2v) is 3.85. The predicted octanol–water partition coefficient (Wildman–Crippen LogP) is 2.42. The molecule has 2 nitrogen and oxygen atoms in total. The van der Waals surface area contributed by atoms with Crippen LogP contribution in [0.2, 0.25) is 0 Å². The minimum Gasteiger partial charge on any atom is -0.385 e. The molecule has 0 spiro atoms. The molecular weight excluding hydrogens is 202 g/mol. The number of benzene rings is 1. The van der Waals surface area contributed by atoms with E-state index in [2.05, 4.69) is 0 Å². The summed E-state index contributed by atoms with van der Waals surface area (Å²) in [4.78, 5) is 0. The summed E-state index contributed by atoms with van der Waals surface area (Å²) in [5.74, 6) is -2.01. The van der Waals surface area contributed by atoms with Gasteiger partial charge in [-0.1, -0.05) is 12.1 Å². The largest absolute Gasteiger partial charge is 0.385 e. The minimum absolute atomic E-state index is 0.0955. The summed E-state index contributed by atoms with van der Waals surface area (Å²) in [6, 6.07) is 3.69. The standard InChI is InChI=1S/C11H14F2O2/c1-11(2,15-3)10(14)7-5-4-6-8(12)9(7)13/h4-6,10,14H,1-3H3. The maximum absolute atomic E-state index is 13.3. The molecule has 1 atom stereocenters. The maximum atomic E-state index is 13.3. The van der Waals surface area contributed by atoms with E-state index in [4.69, 9.17) is 4.74 Å². The number of hydrogen-bond acceptors (Lipinski definition) is 2. The molecule has 0 aromatic heterocycles. The molecule has 0 amide bonds. The van der Waals surface area contributed by atoms with Crippen molar-refractivity contribution in [3.63, 3.8) is 0 Å². The summed E-state index contributed by atoms with van der Waals surface area (Å²) < 4.78 is 31.2. The van der Waals surface area contributed by atoms with E-state index < -0.39 is 23.3 Å². The third-order valence-electron chi connectivity index (χ3n) is 2.46. The number of aliphatic hydroxyl groups excluding tert-OH is 1. The van der Waals surface area contributed by atoms with Gasteiger partial charge in [0.25, 0.3) is 0 Å². The Hall–Kier alpha value is -1.00. The van der Waals surface area contributed by atoms with Crippen LogP contribution in [0, 0.1) is 11.6 Å². The maximum Gasteiger partial charge on any atom is 0.164 e. The van der Waals surface area contributed by atoms with Crippen molar-refractivity contribution in [3.05, 3.63) is 35.4 Å². The van der Waals surface area contributed by atoms with Crippen LogP contribution < -0.4 is 0 Å². The first kappa shape index (κ1) is 12.1. The smallest absolute Gasteiger partial charge is 0.164 e. The first-order chi connectivity index (χ1) is 6.90. The highest BCUT2D eigenvalue weighted by Crippen LogP contribution is 2.30. The zero-order valence-electron chi connectivity index (χ0n) is 8.92. The number of halogens is 2. The number of aliphatic hydroxyl groups is 1. The van der Waals surface area contributed by atoms with Gasteiger partial charge < -0.3 is 9.84 Å². The Morgan fingerprint density at radius 3 is 2.47 bits per heavy atom. The fraction of sp³-hybridized carbons (Fsp3) is 0.455. The van der Waals surface area contributed by atoms with Crippen molar-refractivity contribution >= 4 is 0 Å². The van der Waals surface area contributed by atoms with Crippen molar-refractivity contribution in [1.82, 2.24) is 0 Å². The summed E-state index contributed by atoms with van der Waals surface area (Å²) in [6.07, 6.45) is -1.21. The summed E-state index contributed by atoms with van der Waals surface area (Å²) in [6.45, 7) is 3.20. The molecule has 0 bridgehead atoms. The van der Waals surface area contributed by atoms with Crippen LogP contribution in [0.5, 0.6) is 0 Å². The van der Waals surface area contributed by atoms with Gasteiger partial charge in [0, 0.05) is 12.7 Å². The van der Waals surface area contributed by atoms with Gasteiger partial charge >= 0.3 is 0 Å². The number of hydrogen-bond donors (Lipinski definition) is 1. The molecule has 1 aromatic rings. The van der Waals surface area contributed by atoms with Crippen LogP contribution in [0.25, 0.3) is 0 Å². The summed E-state index contributed by atoms with van der Waals surface area (Å²) in [5.41, 5.74) is -1.06. The molecule has 0 heterocycles. The average Bonchev–Trinajstić information content (AvgIpc) is 2.21. The lowest BCUT2D eigenvalue weighted by Crippen LogP contribution is -2.32. The van der Waals surface area contributed by atoms with Crippen molar-refractivity contribution in [2.45, 2.75) is 25.6 Å². The van der Waals surface area contributed by atoms with Crippen LogP contribution in [-0.4, -0.2) is 17.8 Å². The molecule has 1 unspecified atom stereocenters. The third kappa shape index (κ3) is 2.33. The molecule has 0 aliphatic rings. The van der Waals surface area contributed by atoms with E-state index in [0.717, 1.165) is 6.07 Å². The van der Waals surface area contributed by atoms with Gasteiger partial charge in [-0.3, -0.25) is 0 Å². The molecule has 0 saturated heterocycles. The lowest BCUT2D eigenvalue weighted by atomic mass is 9.94. The molecule has 1 aromatic carbocycles. The third-order valence-corrected chi connectivity index (χ3v) is 2.46. The molecule has 1 rings (SSSR count). The first-order valence-corrected chi connectivity index (χ1v) is 4.57. The Balaban J connectivity index is 3.12. The quantitative estimate of drug-likeness (QED) is 0.840. The zero-order chi connectivity index (χ0) is 11.6. The summed E-state index contributed by atoms with van der Waals surface area (Å²) in [5, 5.41) is 9.82. The van der Waals surface area contributed by atoms with Crippen molar-refractivity contribution < 1.29 is 18.6 Å². The van der Waals surface area contributed by atoms with E-state index in [-0.39, 0.29) is 5.56 Å². The van der Waals surface area contributed by atoms with Gasteiger partial charge in [0.1, 0.15) is 6.10 Å². The number of methoxy groups -OCH3 is 1. The van der Waals surface area contributed by atoms with Crippen LogP contribution in [0.1, 0.15) is 25.5 Å². The molecule has 4 heteroatoms. The monoisotopic (exact) mass is 216 g/mol. The molecule has 0 saturated carbocycles. The van der Waals surface area contributed by atoms with Gasteiger partial charge in [0.2, 0.25) is 0 Å². The van der Waals surface area contributed by atoms with Crippen LogP contribution in [-0.2, 0) is 4.74 Å². The highest BCUT2D eigenvalue weighted by atomic mass is 19.2. The second kappa shape index (κ2) is 4.24. The topological polar surface area (TPSA) is 29.5 Å². The van der Waals surface area contributed by atoms with Gasteiger partial charge in [0.15, 0.2) is 11.6 Å². The molecule has 0 aliphatic heterocycles. The Labute approximate surface area is 87.5 Å². The summed E-state index contributed by atoms with van der Waals surface area (Å²) >= 11 is 0. The zero-order valence-corrected chi connectivity index (χ0v) is 8.92. The molecular formula is C11H14F2O2. The van der Waals surface area contributed by atoms with E-state index in [1.807, 2.05) is 0 Å². The van der Waals surface area contributed by atoms with Gasteiger partial charge in [-0.15, -0.1) is 0 Å². The van der Waals surface area contributed by atoms with E-state index in [1.165, 1.54) is 19.2 Å². The first-order valence-electron chi connectivity index (χ1n) is 4.57. The van der Waals surface area contributed by atoms with Crippen LogP contribution in [0.15, 0.2) is 18.2 Å². The van der Waals surface area contributed by atoms with E-state index in [0.29, 0.717) is 0 Å². The number of rotatable bonds is 3. The average molecular weight is 216 g/mol. The minimum atomic E-state index is -1.21. The van der Waals surface area contributed by atoms with Gasteiger partial charge in [-0.25, -0.2) is 8.78 Å². The Bertz CT molecular complexity index is 350. The fourth-order valence-corrected chi connectivity index (χ4v) is 1.22. The Kier molecular flexibility index (Phi) is 3.42. The second-order valence-electron chi connectivity index (χ2n) is 3.85. The van der Waals surface area contributed by atoms with Gasteiger partial charge in [0.05, 0.1) is 5.60 Å². The van der Waals surface area contributed by atoms with Crippen LogP contribution in [0.4, 0.5) is 8.78 Å². The van der Waals surface area contributed by atoms with Gasteiger partial charge in [-0.05, 0) is 19.9 Å². The van der Waals surface area contributed by atoms with Crippen molar-refractivity contribution in [1.29, 1.82) is 0 Å². The molecule has 15 heavy (non-hydrogen) atoms. The predicted molar refractivity (Wildman–Crippen MR) is 52.4 cm³/mol. The SMILES string of the molecule is COC(C)(C)C(O)c1cccc(F)c1F. The highest BCUT2D eigenvalue weighted by molar-refractivity contribution is 5.23. The van der Waals surface area contributed by atoms with E-state index in [9.17, 15) is 13.9 Å². The van der Waals surface area contributed by atoms with Gasteiger partial charge in [-0.2, -0.15) is 0 Å². The van der Waals surface area contributed by atoms with Crippen molar-refractivity contribution in [2.24, 2.45) is 0 Å². The van der Waals surface area contributed by atoms with E-state index in [1.54, 1.807) is 13.8 Å². The van der Waals surface area contributed by atoms with Crippen molar-refractivity contribution in [2.75, 3.05) is 7.11 Å². The Morgan fingerprint density at radius 2 is 1.93 bits per heavy atom. The van der Waals surface area contributed by atoms with Crippen molar-refractivity contribution in [3.8, 4) is 0 Å². The Morgan fingerprint density at radius 1 is 1.33 bits per heavy atom. The fourth-order valence-electron chi connectivity index (χ4n) is 1.22. The number of ether oxygens (including phenoxy) is 1. The lowest BCUT2D eigenvalue weighted by Gasteiger charge is -2.29. The molecule has 0 radical (unpaired) electrons. The molecule has 84 valence electrons. The van der Waals surface area contributed by atoms with Crippen LogP contribution >= 0.6 is 0 Å². The summed E-state index contributed by atoms with van der Waals surface area (Å²) in [7, 11) is 1.40. The molecule has 1 N–H and O–H groups in total. The molecule has 0 aliphatic carbocycles. The molecule has 0 fully saturated rings. The van der Waals surface area contributed by atoms with E-state index >= 15 is 0 Å². The lowest BCUT2D eigenvalue weighted by molar-refractivity contribution is -0.0807. The normalized spacial score (nSPS) is 14.0. The highest BCUT2D eigenvalue weighted by Gasteiger charge is 2.31.